The fraction of sp³-hybridized carbons (Fsp3) is 0.455. The van der Waals surface area contributed by atoms with Crippen LogP contribution in [0.1, 0.15) is 51.6 Å². The number of fused-ring (bicyclic) bond motifs is 1. The van der Waals surface area contributed by atoms with Crippen molar-refractivity contribution in [3.63, 3.8) is 0 Å². The van der Waals surface area contributed by atoms with Gasteiger partial charge in [0, 0.05) is 23.7 Å². The van der Waals surface area contributed by atoms with E-state index >= 15 is 0 Å². The number of rotatable bonds is 4. The minimum absolute atomic E-state index is 0.0572. The number of halogens is 2. The molecule has 1 saturated heterocycles. The van der Waals surface area contributed by atoms with Crippen molar-refractivity contribution >= 4 is 40.2 Å². The number of thioether (sulfide) groups is 1. The molecule has 0 radical (unpaired) electrons. The van der Waals surface area contributed by atoms with Crippen LogP contribution in [0.15, 0.2) is 28.0 Å². The number of anilines is 1. The van der Waals surface area contributed by atoms with E-state index in [4.69, 9.17) is 11.6 Å². The van der Waals surface area contributed by atoms with Gasteiger partial charge in [-0.3, -0.25) is 4.98 Å². The van der Waals surface area contributed by atoms with Gasteiger partial charge >= 0.3 is 5.69 Å². The van der Waals surface area contributed by atoms with Crippen LogP contribution in [-0.2, 0) is 0 Å². The molecule has 0 aliphatic carbocycles. The molecule has 0 unspecified atom stereocenters. The zero-order valence-corrected chi connectivity index (χ0v) is 19.6. The van der Waals surface area contributed by atoms with E-state index in [1.165, 1.54) is 22.4 Å². The van der Waals surface area contributed by atoms with Crippen molar-refractivity contribution in [2.45, 2.75) is 56.9 Å². The van der Waals surface area contributed by atoms with Gasteiger partial charge in [0.2, 0.25) is 0 Å². The first-order chi connectivity index (χ1) is 14.8. The highest BCUT2D eigenvalue weighted by Crippen LogP contribution is 2.34. The molecule has 0 spiro atoms. The molecule has 1 atom stereocenters. The van der Waals surface area contributed by atoms with Gasteiger partial charge in [0.1, 0.15) is 5.82 Å². The molecule has 1 aliphatic rings. The van der Waals surface area contributed by atoms with Crippen molar-refractivity contribution in [2.24, 2.45) is 0 Å². The minimum atomic E-state index is -0.632. The normalized spacial score (nSPS) is 17.0. The molecular weight excluding hydrogens is 437 g/mol. The van der Waals surface area contributed by atoms with Crippen molar-refractivity contribution in [3.8, 4) is 5.69 Å². The molecule has 164 valence electrons. The molecule has 1 fully saturated rings. The average Bonchev–Trinajstić information content (AvgIpc) is 2.74. The Bertz CT molecular complexity index is 1200. The van der Waals surface area contributed by atoms with Gasteiger partial charge in [-0.15, -0.1) is 11.8 Å². The number of nitrogens with zero attached hydrogens (tertiary/aromatic N) is 5. The fourth-order valence-corrected chi connectivity index (χ4v) is 4.90. The Morgan fingerprint density at radius 1 is 1.29 bits per heavy atom. The maximum atomic E-state index is 14.5. The van der Waals surface area contributed by atoms with Gasteiger partial charge in [0.25, 0.3) is 0 Å². The van der Waals surface area contributed by atoms with Crippen LogP contribution in [0, 0.1) is 5.82 Å². The van der Waals surface area contributed by atoms with E-state index in [0.29, 0.717) is 22.5 Å². The summed E-state index contributed by atoms with van der Waals surface area (Å²) in [6, 6.07) is 3.40. The zero-order valence-electron chi connectivity index (χ0n) is 18.0. The lowest BCUT2D eigenvalue weighted by molar-refractivity contribution is 0.481. The summed E-state index contributed by atoms with van der Waals surface area (Å²) in [6.07, 6.45) is 6.78. The predicted octanol–water partition coefficient (Wildman–Crippen LogP) is 5.19. The molecule has 3 aromatic heterocycles. The van der Waals surface area contributed by atoms with Crippen LogP contribution in [0.2, 0.25) is 5.15 Å². The Morgan fingerprint density at radius 2 is 2.06 bits per heavy atom. The van der Waals surface area contributed by atoms with Crippen molar-refractivity contribution in [1.82, 2.24) is 19.5 Å². The topological polar surface area (TPSA) is 63.9 Å². The van der Waals surface area contributed by atoms with E-state index in [1.807, 2.05) is 26.2 Å². The molecule has 9 heteroatoms. The molecule has 3 aromatic rings. The van der Waals surface area contributed by atoms with Crippen LogP contribution in [0.3, 0.4) is 0 Å². The Morgan fingerprint density at radius 3 is 2.74 bits per heavy atom. The summed E-state index contributed by atoms with van der Waals surface area (Å²) in [4.78, 5) is 29.7. The van der Waals surface area contributed by atoms with E-state index in [9.17, 15) is 9.18 Å². The third-order valence-corrected chi connectivity index (χ3v) is 6.77. The summed E-state index contributed by atoms with van der Waals surface area (Å²) >= 11 is 7.59. The first-order valence-corrected chi connectivity index (χ1v) is 12.0. The summed E-state index contributed by atoms with van der Waals surface area (Å²) in [5.41, 5.74) is 1.20. The largest absolute Gasteiger partial charge is 0.355 e. The second-order valence-electron chi connectivity index (χ2n) is 8.13. The smallest absolute Gasteiger partial charge is 0.353 e. The Labute approximate surface area is 189 Å². The molecule has 4 rings (SSSR count). The molecule has 0 amide bonds. The monoisotopic (exact) mass is 461 g/mol. The van der Waals surface area contributed by atoms with Gasteiger partial charge in [0.15, 0.2) is 16.6 Å². The van der Waals surface area contributed by atoms with E-state index in [1.54, 1.807) is 6.20 Å². The first kappa shape index (κ1) is 22.0. The van der Waals surface area contributed by atoms with Crippen molar-refractivity contribution < 1.29 is 4.39 Å². The highest BCUT2D eigenvalue weighted by Gasteiger charge is 2.27. The van der Waals surface area contributed by atoms with Crippen LogP contribution in [0.5, 0.6) is 0 Å². The second-order valence-corrected chi connectivity index (χ2v) is 9.33. The SMILES string of the molecule is CSc1ccnc(C(C)C)c1-n1c(=O)nc(N2CCCC[C@@H]2C)c2cc(F)c(Cl)nc21. The quantitative estimate of drug-likeness (QED) is 0.393. The van der Waals surface area contributed by atoms with Crippen molar-refractivity contribution in [3.05, 3.63) is 45.5 Å². The maximum Gasteiger partial charge on any atom is 0.355 e. The molecule has 1 aliphatic heterocycles. The summed E-state index contributed by atoms with van der Waals surface area (Å²) in [6.45, 7) is 6.89. The second kappa shape index (κ2) is 8.74. The maximum absolute atomic E-state index is 14.5. The summed E-state index contributed by atoms with van der Waals surface area (Å²) in [5, 5.41) is 0.200. The zero-order chi connectivity index (χ0) is 22.3. The molecular formula is C22H25ClFN5OS. The fourth-order valence-electron chi connectivity index (χ4n) is 4.18. The van der Waals surface area contributed by atoms with E-state index in [0.717, 1.165) is 36.4 Å². The number of piperidine rings is 1. The van der Waals surface area contributed by atoms with Gasteiger partial charge in [-0.05, 0) is 50.5 Å². The number of aromatic nitrogens is 4. The van der Waals surface area contributed by atoms with Crippen molar-refractivity contribution in [2.75, 3.05) is 17.7 Å². The summed E-state index contributed by atoms with van der Waals surface area (Å²) in [7, 11) is 0. The third-order valence-electron chi connectivity index (χ3n) is 5.74. The minimum Gasteiger partial charge on any atom is -0.353 e. The van der Waals surface area contributed by atoms with Crippen LogP contribution < -0.4 is 10.6 Å². The summed E-state index contributed by atoms with van der Waals surface area (Å²) in [5.74, 6) is -0.110. The third kappa shape index (κ3) is 3.91. The number of pyridine rings is 2. The molecule has 0 bridgehead atoms. The first-order valence-electron chi connectivity index (χ1n) is 10.4. The molecule has 6 nitrogen and oxygen atoms in total. The highest BCUT2D eigenvalue weighted by molar-refractivity contribution is 7.98. The summed E-state index contributed by atoms with van der Waals surface area (Å²) < 4.78 is 16.0. The molecule has 4 heterocycles. The lowest BCUT2D eigenvalue weighted by Gasteiger charge is -2.35. The molecule has 0 aromatic carbocycles. The standard InChI is InChI=1S/C22H25ClFN5OS/c1-12(2)17-18(16(31-4)8-9-25-17)29-21-14(11-15(24)19(23)26-21)20(27-22(29)30)28-10-6-5-7-13(28)3/h8-9,11-13H,5-7,10H2,1-4H3/t13-/m0/s1. The molecule has 0 N–H and O–H groups in total. The van der Waals surface area contributed by atoms with Gasteiger partial charge in [-0.1, -0.05) is 25.4 Å². The average molecular weight is 462 g/mol. The Balaban J connectivity index is 2.11. The van der Waals surface area contributed by atoms with Gasteiger partial charge in [0.05, 0.1) is 16.8 Å². The van der Waals surface area contributed by atoms with Crippen LogP contribution in [-0.4, -0.2) is 38.4 Å². The highest BCUT2D eigenvalue weighted by atomic mass is 35.5. The lowest BCUT2D eigenvalue weighted by Crippen LogP contribution is -2.40. The van der Waals surface area contributed by atoms with Crippen molar-refractivity contribution in [1.29, 1.82) is 0 Å². The van der Waals surface area contributed by atoms with E-state index in [-0.39, 0.29) is 17.1 Å². The number of hydrogen-bond acceptors (Lipinski definition) is 6. The van der Waals surface area contributed by atoms with Crippen LogP contribution >= 0.6 is 23.4 Å². The van der Waals surface area contributed by atoms with E-state index < -0.39 is 11.5 Å². The van der Waals surface area contributed by atoms with Gasteiger partial charge < -0.3 is 4.90 Å². The lowest BCUT2D eigenvalue weighted by atomic mass is 10.0. The van der Waals surface area contributed by atoms with Gasteiger partial charge in [-0.2, -0.15) is 4.98 Å². The van der Waals surface area contributed by atoms with Crippen LogP contribution in [0.4, 0.5) is 10.2 Å². The molecule has 0 saturated carbocycles. The number of hydrogen-bond donors (Lipinski definition) is 0. The van der Waals surface area contributed by atoms with Gasteiger partial charge in [-0.25, -0.2) is 18.7 Å². The Kier molecular flexibility index (Phi) is 6.21. The molecule has 31 heavy (non-hydrogen) atoms. The van der Waals surface area contributed by atoms with E-state index in [2.05, 4.69) is 26.8 Å². The Hall–Kier alpha value is -2.19. The van der Waals surface area contributed by atoms with Crippen LogP contribution in [0.25, 0.3) is 16.7 Å². The predicted molar refractivity (Wildman–Crippen MR) is 124 cm³/mol.